The summed E-state index contributed by atoms with van der Waals surface area (Å²) in [4.78, 5) is 0. The molecule has 0 radical (unpaired) electrons. The minimum absolute atomic E-state index is 0.129. The van der Waals surface area contributed by atoms with Gasteiger partial charge in [-0.15, -0.1) is 0 Å². The lowest BCUT2D eigenvalue weighted by Gasteiger charge is -2.11. The van der Waals surface area contributed by atoms with Crippen LogP contribution >= 0.6 is 11.6 Å². The fourth-order valence-electron chi connectivity index (χ4n) is 1.64. The quantitative estimate of drug-likeness (QED) is 0.892. The van der Waals surface area contributed by atoms with Crippen LogP contribution in [0.3, 0.4) is 0 Å². The molecule has 0 saturated heterocycles. The number of aliphatic hydroxyl groups excluding tert-OH is 1. The SMILES string of the molecule is OCc1cccc(Cl)c1OCc1cccc(O)c1. The highest BCUT2D eigenvalue weighted by Crippen LogP contribution is 2.29. The molecule has 3 nitrogen and oxygen atoms in total. The van der Waals surface area contributed by atoms with Crippen LogP contribution in [0.1, 0.15) is 11.1 Å². The van der Waals surface area contributed by atoms with Gasteiger partial charge in [-0.2, -0.15) is 0 Å². The number of phenolic OH excluding ortho intramolecular Hbond substituents is 1. The summed E-state index contributed by atoms with van der Waals surface area (Å²) < 4.78 is 5.60. The van der Waals surface area contributed by atoms with Gasteiger partial charge in [0, 0.05) is 5.56 Å². The van der Waals surface area contributed by atoms with Gasteiger partial charge in [0.1, 0.15) is 18.1 Å². The number of aliphatic hydroxyl groups is 1. The topological polar surface area (TPSA) is 49.7 Å². The Hall–Kier alpha value is -1.71. The second kappa shape index (κ2) is 5.76. The fraction of sp³-hybridized carbons (Fsp3) is 0.143. The summed E-state index contributed by atoms with van der Waals surface area (Å²) in [6.45, 7) is 0.154. The molecule has 0 spiro atoms. The van der Waals surface area contributed by atoms with E-state index in [0.29, 0.717) is 16.3 Å². The van der Waals surface area contributed by atoms with Crippen LogP contribution in [0.2, 0.25) is 5.02 Å². The number of para-hydroxylation sites is 1. The van der Waals surface area contributed by atoms with E-state index >= 15 is 0 Å². The van der Waals surface area contributed by atoms with Crippen molar-refractivity contribution in [3.63, 3.8) is 0 Å². The largest absolute Gasteiger partial charge is 0.508 e. The summed E-state index contributed by atoms with van der Waals surface area (Å²) in [7, 11) is 0. The van der Waals surface area contributed by atoms with Crippen LogP contribution in [0, 0.1) is 0 Å². The van der Waals surface area contributed by atoms with Gasteiger partial charge >= 0.3 is 0 Å². The van der Waals surface area contributed by atoms with E-state index in [4.69, 9.17) is 16.3 Å². The number of halogens is 1. The van der Waals surface area contributed by atoms with Gasteiger partial charge in [-0.25, -0.2) is 0 Å². The molecule has 4 heteroatoms. The van der Waals surface area contributed by atoms with Crippen molar-refractivity contribution < 1.29 is 14.9 Å². The molecule has 0 bridgehead atoms. The van der Waals surface area contributed by atoms with E-state index in [9.17, 15) is 10.2 Å². The third kappa shape index (κ3) is 2.94. The van der Waals surface area contributed by atoms with Gasteiger partial charge in [0.25, 0.3) is 0 Å². The molecule has 2 aromatic rings. The first-order valence-corrected chi connectivity index (χ1v) is 5.87. The van der Waals surface area contributed by atoms with Gasteiger partial charge in [0.15, 0.2) is 0 Å². The molecule has 18 heavy (non-hydrogen) atoms. The van der Waals surface area contributed by atoms with Crippen molar-refractivity contribution in [3.05, 3.63) is 58.6 Å². The molecule has 2 aromatic carbocycles. The van der Waals surface area contributed by atoms with Crippen LogP contribution < -0.4 is 4.74 Å². The molecule has 0 aliphatic rings. The van der Waals surface area contributed by atoms with Crippen molar-refractivity contribution in [2.75, 3.05) is 0 Å². The summed E-state index contributed by atoms with van der Waals surface area (Å²) in [6, 6.07) is 12.0. The number of hydrogen-bond acceptors (Lipinski definition) is 3. The summed E-state index contributed by atoms with van der Waals surface area (Å²) >= 11 is 6.02. The predicted molar refractivity (Wildman–Crippen MR) is 69.8 cm³/mol. The maximum atomic E-state index is 9.34. The van der Waals surface area contributed by atoms with Crippen molar-refractivity contribution in [1.29, 1.82) is 0 Å². The number of benzene rings is 2. The van der Waals surface area contributed by atoms with E-state index in [1.807, 2.05) is 6.07 Å². The summed E-state index contributed by atoms with van der Waals surface area (Å²) in [5, 5.41) is 19.0. The monoisotopic (exact) mass is 264 g/mol. The lowest BCUT2D eigenvalue weighted by Crippen LogP contribution is -1.99. The second-order valence-electron chi connectivity index (χ2n) is 3.84. The maximum absolute atomic E-state index is 9.34. The second-order valence-corrected chi connectivity index (χ2v) is 4.25. The van der Waals surface area contributed by atoms with Crippen molar-refractivity contribution in [2.45, 2.75) is 13.2 Å². The van der Waals surface area contributed by atoms with Crippen LogP contribution in [-0.2, 0) is 13.2 Å². The highest BCUT2D eigenvalue weighted by molar-refractivity contribution is 6.32. The average molecular weight is 265 g/mol. The third-order valence-corrected chi connectivity index (χ3v) is 2.81. The van der Waals surface area contributed by atoms with Crippen molar-refractivity contribution in [3.8, 4) is 11.5 Å². The normalized spacial score (nSPS) is 10.3. The lowest BCUT2D eigenvalue weighted by atomic mass is 10.2. The molecular formula is C14H13ClO3. The first kappa shape index (κ1) is 12.7. The van der Waals surface area contributed by atoms with Gasteiger partial charge in [0.05, 0.1) is 11.6 Å². The standard InChI is InChI=1S/C14H13ClO3/c15-13-6-2-4-11(8-16)14(13)18-9-10-3-1-5-12(17)7-10/h1-7,16-17H,8-9H2. The smallest absolute Gasteiger partial charge is 0.143 e. The van der Waals surface area contributed by atoms with E-state index in [0.717, 1.165) is 5.56 Å². The first-order chi connectivity index (χ1) is 8.70. The predicted octanol–water partition coefficient (Wildman–Crippen LogP) is 3.12. The maximum Gasteiger partial charge on any atom is 0.143 e. The van der Waals surface area contributed by atoms with Gasteiger partial charge in [-0.1, -0.05) is 35.9 Å². The van der Waals surface area contributed by atoms with Crippen LogP contribution in [0.4, 0.5) is 0 Å². The molecule has 0 unspecified atom stereocenters. The van der Waals surface area contributed by atoms with Crippen molar-refractivity contribution in [1.82, 2.24) is 0 Å². The zero-order valence-electron chi connectivity index (χ0n) is 9.64. The Morgan fingerprint density at radius 1 is 1.11 bits per heavy atom. The Balaban J connectivity index is 2.15. The lowest BCUT2D eigenvalue weighted by molar-refractivity contribution is 0.259. The van der Waals surface area contributed by atoms with Gasteiger partial charge in [-0.05, 0) is 23.8 Å². The number of hydrogen-bond donors (Lipinski definition) is 2. The zero-order valence-corrected chi connectivity index (χ0v) is 10.4. The fourth-order valence-corrected chi connectivity index (χ4v) is 1.89. The molecule has 0 aromatic heterocycles. The van der Waals surface area contributed by atoms with Crippen LogP contribution in [0.25, 0.3) is 0 Å². The molecule has 2 N–H and O–H groups in total. The molecule has 0 heterocycles. The third-order valence-electron chi connectivity index (χ3n) is 2.51. The van der Waals surface area contributed by atoms with Gasteiger partial charge in [-0.3, -0.25) is 0 Å². The van der Waals surface area contributed by atoms with Crippen LogP contribution in [0.15, 0.2) is 42.5 Å². The average Bonchev–Trinajstić information content (AvgIpc) is 2.37. The summed E-state index contributed by atoms with van der Waals surface area (Å²) in [5.74, 6) is 0.669. The van der Waals surface area contributed by atoms with Crippen molar-refractivity contribution >= 4 is 11.6 Å². The molecule has 0 saturated carbocycles. The van der Waals surface area contributed by atoms with E-state index in [2.05, 4.69) is 0 Å². The molecule has 0 atom stereocenters. The highest BCUT2D eigenvalue weighted by atomic mass is 35.5. The number of rotatable bonds is 4. The molecule has 0 aliphatic heterocycles. The van der Waals surface area contributed by atoms with Gasteiger partial charge in [0.2, 0.25) is 0 Å². The molecule has 0 aliphatic carbocycles. The summed E-state index contributed by atoms with van der Waals surface area (Å²) in [6.07, 6.45) is 0. The Kier molecular flexibility index (Phi) is 4.07. The molecule has 0 amide bonds. The Morgan fingerprint density at radius 2 is 1.89 bits per heavy atom. The Labute approximate surface area is 110 Å². The number of ether oxygens (including phenoxy) is 1. The van der Waals surface area contributed by atoms with E-state index in [-0.39, 0.29) is 19.0 Å². The molecule has 94 valence electrons. The van der Waals surface area contributed by atoms with Crippen LogP contribution in [-0.4, -0.2) is 10.2 Å². The van der Waals surface area contributed by atoms with Crippen LogP contribution in [0.5, 0.6) is 11.5 Å². The van der Waals surface area contributed by atoms with Gasteiger partial charge < -0.3 is 14.9 Å². The summed E-state index contributed by atoms with van der Waals surface area (Å²) in [5.41, 5.74) is 1.47. The van der Waals surface area contributed by atoms with E-state index < -0.39 is 0 Å². The highest BCUT2D eigenvalue weighted by Gasteiger charge is 2.07. The minimum Gasteiger partial charge on any atom is -0.508 e. The molecule has 0 fully saturated rings. The van der Waals surface area contributed by atoms with Crippen molar-refractivity contribution in [2.24, 2.45) is 0 Å². The number of aromatic hydroxyl groups is 1. The van der Waals surface area contributed by atoms with E-state index in [1.165, 1.54) is 0 Å². The number of phenols is 1. The first-order valence-electron chi connectivity index (χ1n) is 5.49. The Bertz CT molecular complexity index is 540. The minimum atomic E-state index is -0.129. The van der Waals surface area contributed by atoms with E-state index in [1.54, 1.807) is 36.4 Å². The molecule has 2 rings (SSSR count). The molecular weight excluding hydrogens is 252 g/mol. The Morgan fingerprint density at radius 3 is 2.61 bits per heavy atom. The zero-order chi connectivity index (χ0) is 13.0.